The zero-order chi connectivity index (χ0) is 20.1. The van der Waals surface area contributed by atoms with Gasteiger partial charge in [-0.15, -0.1) is 0 Å². The summed E-state index contributed by atoms with van der Waals surface area (Å²) in [5.74, 6) is 0.373. The van der Waals surface area contributed by atoms with E-state index in [0.29, 0.717) is 11.7 Å². The zero-order valence-electron chi connectivity index (χ0n) is 16.1. The van der Waals surface area contributed by atoms with Crippen molar-refractivity contribution in [2.24, 2.45) is 4.99 Å². The van der Waals surface area contributed by atoms with Crippen LogP contribution in [0.25, 0.3) is 0 Å². The molecule has 0 radical (unpaired) electrons. The zero-order valence-corrected chi connectivity index (χ0v) is 16.9. The van der Waals surface area contributed by atoms with Gasteiger partial charge in [-0.1, -0.05) is 42.1 Å². The maximum atomic E-state index is 12.4. The van der Waals surface area contributed by atoms with Gasteiger partial charge in [0.1, 0.15) is 11.0 Å². The molecule has 0 bridgehead atoms. The summed E-state index contributed by atoms with van der Waals surface area (Å²) in [5.41, 5.74) is 3.77. The normalized spacial score (nSPS) is 17.5. The fourth-order valence-electron chi connectivity index (χ4n) is 2.85. The number of carbonyl (C=O) groups is 2. The average Bonchev–Trinajstić information content (AvgIpc) is 3.02. The van der Waals surface area contributed by atoms with Crippen LogP contribution in [-0.4, -0.2) is 29.3 Å². The van der Waals surface area contributed by atoms with Crippen LogP contribution in [0, 0.1) is 13.8 Å². The number of nitrogens with one attached hydrogen (secondary N) is 2. The number of nitrogens with zero attached hydrogens (tertiary/aromatic N) is 1. The summed E-state index contributed by atoms with van der Waals surface area (Å²) in [4.78, 5) is 29.1. The van der Waals surface area contributed by atoms with Gasteiger partial charge in [0, 0.05) is 17.7 Å². The van der Waals surface area contributed by atoms with Gasteiger partial charge in [-0.25, -0.2) is 0 Å². The standard InChI is InChI=1S/C21H23N3O3S/c1-13-8-9-14(2)16(10-13)23-19(25)11-18-20(26)24-21(28-18)22-12-15-6-4-5-7-17(15)27-3/h4-10,18H,11-12H2,1-3H3,(H,23,25)(H,22,24,26). The molecule has 2 N–H and O–H groups in total. The summed E-state index contributed by atoms with van der Waals surface area (Å²) in [6.07, 6.45) is 0.0948. The lowest BCUT2D eigenvalue weighted by molar-refractivity contribution is -0.122. The SMILES string of the molecule is COc1ccccc1CN=C1NC(=O)C(CC(=O)Nc2cc(C)ccc2C)S1. The first-order valence-electron chi connectivity index (χ1n) is 8.97. The van der Waals surface area contributed by atoms with Crippen LogP contribution in [0.4, 0.5) is 5.69 Å². The Morgan fingerprint density at radius 1 is 1.25 bits per heavy atom. The van der Waals surface area contributed by atoms with Crippen LogP contribution in [-0.2, 0) is 16.1 Å². The topological polar surface area (TPSA) is 79.8 Å². The monoisotopic (exact) mass is 397 g/mol. The summed E-state index contributed by atoms with van der Waals surface area (Å²) in [6.45, 7) is 4.31. The van der Waals surface area contributed by atoms with Gasteiger partial charge in [0.2, 0.25) is 11.8 Å². The van der Waals surface area contributed by atoms with Crippen LogP contribution in [0.3, 0.4) is 0 Å². The largest absolute Gasteiger partial charge is 0.496 e. The van der Waals surface area contributed by atoms with E-state index < -0.39 is 5.25 Å². The molecular weight excluding hydrogens is 374 g/mol. The van der Waals surface area contributed by atoms with E-state index in [9.17, 15) is 9.59 Å². The molecule has 0 spiro atoms. The molecule has 1 aliphatic heterocycles. The van der Waals surface area contributed by atoms with Crippen molar-refractivity contribution < 1.29 is 14.3 Å². The summed E-state index contributed by atoms with van der Waals surface area (Å²) in [5, 5.41) is 5.70. The third-order valence-corrected chi connectivity index (χ3v) is 5.52. The lowest BCUT2D eigenvalue weighted by Crippen LogP contribution is -2.28. The molecule has 0 aromatic heterocycles. The maximum Gasteiger partial charge on any atom is 0.240 e. The lowest BCUT2D eigenvalue weighted by Gasteiger charge is -2.10. The van der Waals surface area contributed by atoms with E-state index in [1.54, 1.807) is 7.11 Å². The number of amidine groups is 1. The molecule has 1 atom stereocenters. The molecule has 1 fully saturated rings. The number of aliphatic imine (C=N–C) groups is 1. The Labute approximate surface area is 168 Å². The Hall–Kier alpha value is -2.80. The fraction of sp³-hybridized carbons (Fsp3) is 0.286. The third kappa shape index (κ3) is 4.92. The van der Waals surface area contributed by atoms with Crippen LogP contribution in [0.1, 0.15) is 23.1 Å². The molecule has 2 aromatic rings. The minimum absolute atomic E-state index is 0.0948. The number of carbonyl (C=O) groups excluding carboxylic acids is 2. The molecule has 0 saturated carbocycles. The Kier molecular flexibility index (Phi) is 6.36. The van der Waals surface area contributed by atoms with E-state index in [1.807, 2.05) is 56.3 Å². The predicted molar refractivity (Wildman–Crippen MR) is 113 cm³/mol. The van der Waals surface area contributed by atoms with Gasteiger partial charge >= 0.3 is 0 Å². The fourth-order valence-corrected chi connectivity index (χ4v) is 3.81. The Morgan fingerprint density at radius 3 is 2.82 bits per heavy atom. The summed E-state index contributed by atoms with van der Waals surface area (Å²) in [6, 6.07) is 13.5. The first-order chi connectivity index (χ1) is 13.5. The molecule has 146 valence electrons. The number of methoxy groups -OCH3 is 1. The molecule has 2 amide bonds. The van der Waals surface area contributed by atoms with Gasteiger partial charge in [-0.05, 0) is 37.1 Å². The Balaban J connectivity index is 1.59. The molecule has 6 nitrogen and oxygen atoms in total. The number of hydrogen-bond donors (Lipinski definition) is 2. The number of para-hydroxylation sites is 1. The molecule has 1 saturated heterocycles. The number of ether oxygens (including phenoxy) is 1. The van der Waals surface area contributed by atoms with Gasteiger partial charge in [0.15, 0.2) is 5.17 Å². The second-order valence-corrected chi connectivity index (χ2v) is 7.79. The molecule has 1 heterocycles. The van der Waals surface area contributed by atoms with E-state index in [1.165, 1.54) is 11.8 Å². The number of benzene rings is 2. The summed E-state index contributed by atoms with van der Waals surface area (Å²) >= 11 is 1.29. The van der Waals surface area contributed by atoms with Crippen molar-refractivity contribution in [1.29, 1.82) is 0 Å². The number of amides is 2. The minimum Gasteiger partial charge on any atom is -0.496 e. The summed E-state index contributed by atoms with van der Waals surface area (Å²) in [7, 11) is 1.61. The highest BCUT2D eigenvalue weighted by atomic mass is 32.2. The van der Waals surface area contributed by atoms with Gasteiger partial charge in [-0.2, -0.15) is 0 Å². The van der Waals surface area contributed by atoms with Crippen molar-refractivity contribution in [2.45, 2.75) is 32.1 Å². The predicted octanol–water partition coefficient (Wildman–Crippen LogP) is 3.43. The van der Waals surface area contributed by atoms with E-state index in [0.717, 1.165) is 28.1 Å². The van der Waals surface area contributed by atoms with Crippen molar-refractivity contribution in [1.82, 2.24) is 5.32 Å². The van der Waals surface area contributed by atoms with E-state index >= 15 is 0 Å². The van der Waals surface area contributed by atoms with Gasteiger partial charge in [0.05, 0.1) is 13.7 Å². The molecule has 3 rings (SSSR count). The maximum absolute atomic E-state index is 12.4. The smallest absolute Gasteiger partial charge is 0.240 e. The number of anilines is 1. The summed E-state index contributed by atoms with van der Waals surface area (Å²) < 4.78 is 5.31. The molecule has 2 aromatic carbocycles. The lowest BCUT2D eigenvalue weighted by atomic mass is 10.1. The number of aryl methyl sites for hydroxylation is 2. The van der Waals surface area contributed by atoms with Gasteiger partial charge < -0.3 is 15.4 Å². The van der Waals surface area contributed by atoms with Crippen LogP contribution in [0.2, 0.25) is 0 Å². The molecule has 7 heteroatoms. The van der Waals surface area contributed by atoms with E-state index in [4.69, 9.17) is 4.74 Å². The third-order valence-electron chi connectivity index (χ3n) is 4.40. The molecule has 28 heavy (non-hydrogen) atoms. The average molecular weight is 398 g/mol. The van der Waals surface area contributed by atoms with Crippen LogP contribution < -0.4 is 15.4 Å². The van der Waals surface area contributed by atoms with Crippen molar-refractivity contribution in [2.75, 3.05) is 12.4 Å². The molecule has 1 aliphatic rings. The number of rotatable bonds is 6. The van der Waals surface area contributed by atoms with E-state index in [-0.39, 0.29) is 18.2 Å². The van der Waals surface area contributed by atoms with Crippen molar-refractivity contribution in [3.8, 4) is 5.75 Å². The van der Waals surface area contributed by atoms with Gasteiger partial charge in [0.25, 0.3) is 0 Å². The molecular formula is C21H23N3O3S. The van der Waals surface area contributed by atoms with Crippen molar-refractivity contribution in [3.63, 3.8) is 0 Å². The quantitative estimate of drug-likeness (QED) is 0.783. The highest BCUT2D eigenvalue weighted by Gasteiger charge is 2.32. The first-order valence-corrected chi connectivity index (χ1v) is 9.85. The number of hydrogen-bond acceptors (Lipinski definition) is 5. The minimum atomic E-state index is -0.485. The van der Waals surface area contributed by atoms with Crippen LogP contribution in [0.5, 0.6) is 5.75 Å². The molecule has 1 unspecified atom stereocenters. The van der Waals surface area contributed by atoms with Crippen molar-refractivity contribution >= 4 is 34.4 Å². The second kappa shape index (κ2) is 8.93. The first kappa shape index (κ1) is 19.9. The van der Waals surface area contributed by atoms with Crippen LogP contribution in [0.15, 0.2) is 47.5 Å². The highest BCUT2D eigenvalue weighted by molar-refractivity contribution is 8.15. The van der Waals surface area contributed by atoms with E-state index in [2.05, 4.69) is 15.6 Å². The number of thioether (sulfide) groups is 1. The second-order valence-electron chi connectivity index (χ2n) is 6.60. The Morgan fingerprint density at radius 2 is 2.04 bits per heavy atom. The van der Waals surface area contributed by atoms with Crippen molar-refractivity contribution in [3.05, 3.63) is 59.2 Å². The highest BCUT2D eigenvalue weighted by Crippen LogP contribution is 2.25. The molecule has 0 aliphatic carbocycles. The van der Waals surface area contributed by atoms with Gasteiger partial charge in [-0.3, -0.25) is 14.6 Å². The van der Waals surface area contributed by atoms with Crippen LogP contribution >= 0.6 is 11.8 Å². The Bertz CT molecular complexity index is 927.